The highest BCUT2D eigenvalue weighted by Gasteiger charge is 2.25. The maximum Gasteiger partial charge on any atom is 0.223 e. The second-order valence-electron chi connectivity index (χ2n) is 7.19. The summed E-state index contributed by atoms with van der Waals surface area (Å²) in [5.74, 6) is 1.47. The number of nitrogens with zero attached hydrogens (tertiary/aromatic N) is 1. The number of hydrogen-bond acceptors (Lipinski definition) is 4. The van der Waals surface area contributed by atoms with Crippen LogP contribution in [0, 0.1) is 5.92 Å². The van der Waals surface area contributed by atoms with E-state index in [4.69, 9.17) is 32.7 Å². The number of nitrogens with one attached hydrogen (secondary N) is 1. The van der Waals surface area contributed by atoms with Crippen LogP contribution in [0.4, 0.5) is 0 Å². The van der Waals surface area contributed by atoms with Gasteiger partial charge in [-0.1, -0.05) is 35.3 Å². The molecule has 1 N–H and O–H groups in total. The summed E-state index contributed by atoms with van der Waals surface area (Å²) in [7, 11) is 3.21. The molecule has 0 aliphatic carbocycles. The molecule has 1 heterocycles. The Labute approximate surface area is 181 Å². The van der Waals surface area contributed by atoms with Gasteiger partial charge < -0.3 is 14.8 Å². The van der Waals surface area contributed by atoms with E-state index in [1.54, 1.807) is 20.3 Å². The minimum atomic E-state index is 0.0343. The molecule has 3 rings (SSSR count). The van der Waals surface area contributed by atoms with Crippen LogP contribution in [0.3, 0.4) is 0 Å². The maximum atomic E-state index is 12.6. The monoisotopic (exact) mass is 436 g/mol. The highest BCUT2D eigenvalue weighted by Crippen LogP contribution is 2.28. The zero-order chi connectivity index (χ0) is 20.8. The molecule has 0 radical (unpaired) electrons. The smallest absolute Gasteiger partial charge is 0.223 e. The number of amides is 1. The zero-order valence-corrected chi connectivity index (χ0v) is 18.2. The van der Waals surface area contributed by atoms with Crippen molar-refractivity contribution in [3.63, 3.8) is 0 Å². The lowest BCUT2D eigenvalue weighted by molar-refractivity contribution is -0.126. The first-order chi connectivity index (χ1) is 14.0. The highest BCUT2D eigenvalue weighted by molar-refractivity contribution is 6.35. The summed E-state index contributed by atoms with van der Waals surface area (Å²) < 4.78 is 10.6. The first-order valence-electron chi connectivity index (χ1n) is 9.65. The van der Waals surface area contributed by atoms with Crippen molar-refractivity contribution in [1.29, 1.82) is 0 Å². The van der Waals surface area contributed by atoms with Gasteiger partial charge in [-0.25, -0.2) is 0 Å². The van der Waals surface area contributed by atoms with Crippen molar-refractivity contribution in [1.82, 2.24) is 10.2 Å². The molecule has 1 aliphatic rings. The third kappa shape index (κ3) is 5.78. The molecule has 0 saturated carbocycles. The lowest BCUT2D eigenvalue weighted by Gasteiger charge is -2.31. The van der Waals surface area contributed by atoms with Crippen LogP contribution < -0.4 is 14.8 Å². The summed E-state index contributed by atoms with van der Waals surface area (Å²) in [5, 5.41) is 4.38. The Bertz CT molecular complexity index is 852. The Hall–Kier alpha value is -1.95. The van der Waals surface area contributed by atoms with Crippen molar-refractivity contribution < 1.29 is 14.3 Å². The summed E-state index contributed by atoms with van der Waals surface area (Å²) in [6.07, 6.45) is 1.67. The number of carbonyl (C=O) groups excluding carboxylic acids is 1. The van der Waals surface area contributed by atoms with Gasteiger partial charge in [0.25, 0.3) is 0 Å². The van der Waals surface area contributed by atoms with Crippen LogP contribution in [0.5, 0.6) is 11.5 Å². The number of likely N-dealkylation sites (tertiary alicyclic amines) is 1. The molecule has 1 aliphatic heterocycles. The first-order valence-corrected chi connectivity index (χ1v) is 10.4. The normalized spacial score (nSPS) is 15.2. The quantitative estimate of drug-likeness (QED) is 0.691. The summed E-state index contributed by atoms with van der Waals surface area (Å²) in [6, 6.07) is 11.3. The minimum absolute atomic E-state index is 0.0343. The summed E-state index contributed by atoms with van der Waals surface area (Å²) in [4.78, 5) is 14.9. The molecule has 1 amide bonds. The maximum absolute atomic E-state index is 12.6. The SMILES string of the molecule is COc1ccc(CNC(=O)C2CCN(Cc3ccc(Cl)cc3Cl)CC2)cc1OC. The molecular weight excluding hydrogens is 411 g/mol. The Morgan fingerprint density at radius 3 is 2.45 bits per heavy atom. The molecule has 0 spiro atoms. The summed E-state index contributed by atoms with van der Waals surface area (Å²) in [6.45, 7) is 2.98. The fourth-order valence-corrected chi connectivity index (χ4v) is 4.04. The van der Waals surface area contributed by atoms with E-state index in [-0.39, 0.29) is 11.8 Å². The van der Waals surface area contributed by atoms with Crippen molar-refractivity contribution in [3.8, 4) is 11.5 Å². The van der Waals surface area contributed by atoms with Gasteiger partial charge in [0.1, 0.15) is 0 Å². The fraction of sp³-hybridized carbons (Fsp3) is 0.409. The van der Waals surface area contributed by atoms with Crippen LogP contribution in [0.25, 0.3) is 0 Å². The van der Waals surface area contributed by atoms with Gasteiger partial charge >= 0.3 is 0 Å². The number of benzene rings is 2. The van der Waals surface area contributed by atoms with Gasteiger partial charge in [-0.15, -0.1) is 0 Å². The van der Waals surface area contributed by atoms with E-state index in [9.17, 15) is 4.79 Å². The van der Waals surface area contributed by atoms with Crippen molar-refractivity contribution in [3.05, 3.63) is 57.6 Å². The molecule has 7 heteroatoms. The van der Waals surface area contributed by atoms with Crippen LogP contribution in [0.15, 0.2) is 36.4 Å². The minimum Gasteiger partial charge on any atom is -0.493 e. The third-order valence-corrected chi connectivity index (χ3v) is 5.87. The van der Waals surface area contributed by atoms with E-state index in [0.717, 1.165) is 43.6 Å². The van der Waals surface area contributed by atoms with Crippen LogP contribution in [-0.2, 0) is 17.9 Å². The lowest BCUT2D eigenvalue weighted by Crippen LogP contribution is -2.40. The molecule has 2 aromatic rings. The number of methoxy groups -OCH3 is 2. The van der Waals surface area contributed by atoms with E-state index in [0.29, 0.717) is 28.1 Å². The Kier molecular flexibility index (Phi) is 7.64. The molecule has 1 saturated heterocycles. The highest BCUT2D eigenvalue weighted by atomic mass is 35.5. The number of rotatable bonds is 7. The first kappa shape index (κ1) is 21.8. The van der Waals surface area contributed by atoms with E-state index >= 15 is 0 Å². The predicted octanol–water partition coefficient (Wildman–Crippen LogP) is 4.54. The third-order valence-electron chi connectivity index (χ3n) is 5.28. The molecule has 0 bridgehead atoms. The number of piperidine rings is 1. The van der Waals surface area contributed by atoms with Crippen molar-refractivity contribution in [2.45, 2.75) is 25.9 Å². The van der Waals surface area contributed by atoms with Crippen molar-refractivity contribution in [2.24, 2.45) is 5.92 Å². The Morgan fingerprint density at radius 2 is 1.79 bits per heavy atom. The van der Waals surface area contributed by atoms with Crippen LogP contribution in [0.2, 0.25) is 10.0 Å². The molecule has 0 unspecified atom stereocenters. The van der Waals surface area contributed by atoms with Crippen molar-refractivity contribution in [2.75, 3.05) is 27.3 Å². The van der Waals surface area contributed by atoms with E-state index in [1.807, 2.05) is 30.3 Å². The Morgan fingerprint density at radius 1 is 1.07 bits per heavy atom. The van der Waals surface area contributed by atoms with Crippen LogP contribution in [-0.4, -0.2) is 38.1 Å². The molecule has 29 heavy (non-hydrogen) atoms. The van der Waals surface area contributed by atoms with E-state index < -0.39 is 0 Å². The van der Waals surface area contributed by atoms with Gasteiger partial charge in [0.05, 0.1) is 14.2 Å². The van der Waals surface area contributed by atoms with Gasteiger partial charge in [0.15, 0.2) is 11.5 Å². The van der Waals surface area contributed by atoms with Gasteiger partial charge in [-0.05, 0) is 61.3 Å². The van der Waals surface area contributed by atoms with Crippen LogP contribution >= 0.6 is 23.2 Å². The standard InChI is InChI=1S/C22H26Cl2N2O3/c1-28-20-6-3-15(11-21(20)29-2)13-25-22(27)16-7-9-26(10-8-16)14-17-4-5-18(23)12-19(17)24/h3-6,11-12,16H,7-10,13-14H2,1-2H3,(H,25,27). The van der Waals surface area contributed by atoms with Crippen molar-refractivity contribution >= 4 is 29.1 Å². The predicted molar refractivity (Wildman–Crippen MR) is 116 cm³/mol. The van der Waals surface area contributed by atoms with Gasteiger partial charge in [-0.2, -0.15) is 0 Å². The molecule has 2 aromatic carbocycles. The average Bonchev–Trinajstić information content (AvgIpc) is 2.74. The molecule has 1 fully saturated rings. The second-order valence-corrected chi connectivity index (χ2v) is 8.04. The number of ether oxygens (including phenoxy) is 2. The second kappa shape index (κ2) is 10.2. The average molecular weight is 437 g/mol. The van der Waals surface area contributed by atoms with Crippen LogP contribution in [0.1, 0.15) is 24.0 Å². The summed E-state index contributed by atoms with van der Waals surface area (Å²) in [5.41, 5.74) is 2.04. The molecular formula is C22H26Cl2N2O3. The summed E-state index contributed by atoms with van der Waals surface area (Å²) >= 11 is 12.2. The van der Waals surface area contributed by atoms with E-state index in [2.05, 4.69) is 10.2 Å². The van der Waals surface area contributed by atoms with Gasteiger partial charge in [0, 0.05) is 29.1 Å². The number of halogens is 2. The molecule has 0 aromatic heterocycles. The largest absolute Gasteiger partial charge is 0.493 e. The zero-order valence-electron chi connectivity index (χ0n) is 16.7. The lowest BCUT2D eigenvalue weighted by atomic mass is 9.95. The topological polar surface area (TPSA) is 50.8 Å². The molecule has 5 nitrogen and oxygen atoms in total. The fourth-order valence-electron chi connectivity index (χ4n) is 3.57. The van der Waals surface area contributed by atoms with E-state index in [1.165, 1.54) is 0 Å². The van der Waals surface area contributed by atoms with Gasteiger partial charge in [-0.3, -0.25) is 9.69 Å². The Balaban J connectivity index is 1.47. The molecule has 156 valence electrons. The van der Waals surface area contributed by atoms with Gasteiger partial charge in [0.2, 0.25) is 5.91 Å². The number of hydrogen-bond donors (Lipinski definition) is 1. The number of carbonyl (C=O) groups is 1. The molecule has 0 atom stereocenters.